The highest BCUT2D eigenvalue weighted by Crippen LogP contribution is 2.34. The maximum Gasteiger partial charge on any atom is 0.211 e. The Morgan fingerprint density at radius 3 is 2.73 bits per heavy atom. The summed E-state index contributed by atoms with van der Waals surface area (Å²) < 4.78 is 0.729. The van der Waals surface area contributed by atoms with Crippen LogP contribution in [0.5, 0.6) is 0 Å². The van der Waals surface area contributed by atoms with Crippen LogP contribution in [-0.4, -0.2) is 25.3 Å². The zero-order valence-electron chi connectivity index (χ0n) is 11.7. The van der Waals surface area contributed by atoms with Crippen molar-refractivity contribution in [1.29, 1.82) is 0 Å². The highest BCUT2D eigenvalue weighted by atomic mass is 79.9. The van der Waals surface area contributed by atoms with E-state index in [2.05, 4.69) is 41.4 Å². The molecule has 22 heavy (non-hydrogen) atoms. The first kappa shape index (κ1) is 15.5. The average molecular weight is 398 g/mol. The van der Waals surface area contributed by atoms with Gasteiger partial charge in [0, 0.05) is 11.1 Å². The lowest BCUT2D eigenvalue weighted by Gasteiger charge is -2.16. The summed E-state index contributed by atoms with van der Waals surface area (Å²) in [6, 6.07) is 5.54. The number of aryl methyl sites for hydroxylation is 1. The number of hydrogen-bond acceptors (Lipinski definition) is 8. The van der Waals surface area contributed by atoms with Crippen LogP contribution in [0.2, 0.25) is 0 Å². The van der Waals surface area contributed by atoms with Crippen molar-refractivity contribution in [2.45, 2.75) is 19.4 Å². The molecular formula is C13H12BrN5OS2. The summed E-state index contributed by atoms with van der Waals surface area (Å²) in [5.41, 5.74) is -0.372. The van der Waals surface area contributed by atoms with Gasteiger partial charge < -0.3 is 10.4 Å². The van der Waals surface area contributed by atoms with Gasteiger partial charge in [0.1, 0.15) is 15.4 Å². The van der Waals surface area contributed by atoms with Gasteiger partial charge in [-0.15, -0.1) is 21.5 Å². The molecule has 0 bridgehead atoms. The van der Waals surface area contributed by atoms with Crippen molar-refractivity contribution < 1.29 is 5.11 Å². The molecule has 0 aliphatic carbocycles. The number of anilines is 2. The molecule has 0 aliphatic heterocycles. The number of halogens is 1. The van der Waals surface area contributed by atoms with Crippen LogP contribution in [-0.2, 0) is 5.60 Å². The minimum absolute atomic E-state index is 0.486. The van der Waals surface area contributed by atoms with E-state index in [1.54, 1.807) is 6.92 Å². The fourth-order valence-electron chi connectivity index (χ4n) is 1.73. The molecule has 0 amide bonds. The van der Waals surface area contributed by atoms with E-state index in [-0.39, 0.29) is 0 Å². The van der Waals surface area contributed by atoms with Crippen LogP contribution < -0.4 is 5.32 Å². The van der Waals surface area contributed by atoms with E-state index < -0.39 is 5.60 Å². The highest BCUT2D eigenvalue weighted by Gasteiger charge is 2.33. The molecule has 6 nitrogen and oxygen atoms in total. The van der Waals surface area contributed by atoms with Gasteiger partial charge >= 0.3 is 0 Å². The number of thiazole rings is 1. The Labute approximate surface area is 143 Å². The summed E-state index contributed by atoms with van der Waals surface area (Å²) in [5, 5.41) is 25.5. The van der Waals surface area contributed by atoms with E-state index in [1.165, 1.54) is 22.7 Å². The molecule has 0 fully saturated rings. The largest absolute Gasteiger partial charge is 0.376 e. The lowest BCUT2D eigenvalue weighted by atomic mass is 10.1. The molecule has 0 spiro atoms. The second-order valence-electron chi connectivity index (χ2n) is 4.75. The van der Waals surface area contributed by atoms with Crippen molar-refractivity contribution in [2.24, 2.45) is 0 Å². The summed E-state index contributed by atoms with van der Waals surface area (Å²) >= 11 is 5.99. The smallest absolute Gasteiger partial charge is 0.211 e. The Hall–Kier alpha value is -1.42. The van der Waals surface area contributed by atoms with E-state index >= 15 is 0 Å². The number of aliphatic hydroxyl groups is 1. The van der Waals surface area contributed by atoms with Gasteiger partial charge in [0.25, 0.3) is 0 Å². The number of hydrogen-bond donors (Lipinski definition) is 2. The lowest BCUT2D eigenvalue weighted by molar-refractivity contribution is 0.101. The predicted molar refractivity (Wildman–Crippen MR) is 90.7 cm³/mol. The quantitative estimate of drug-likeness (QED) is 0.655. The summed E-state index contributed by atoms with van der Waals surface area (Å²) in [6.45, 7) is 3.56. The summed E-state index contributed by atoms with van der Waals surface area (Å²) in [6.07, 6.45) is 0. The van der Waals surface area contributed by atoms with Gasteiger partial charge in [-0.05, 0) is 41.9 Å². The van der Waals surface area contributed by atoms with E-state index in [1.807, 2.05) is 30.5 Å². The molecule has 0 aromatic carbocycles. The molecule has 1 unspecified atom stereocenters. The van der Waals surface area contributed by atoms with Crippen molar-refractivity contribution in [3.8, 4) is 0 Å². The summed E-state index contributed by atoms with van der Waals surface area (Å²) in [4.78, 5) is 8.61. The minimum atomic E-state index is -1.25. The molecule has 3 aromatic rings. The Balaban J connectivity index is 1.84. The standard InChI is InChI=1S/C13H12BrN5OS2/c1-7-6-21-10(15-7)13(2,20)11-18-19-12(22-11)17-9-5-3-4-8(14)16-9/h3-6,20H,1-2H3,(H,16,17,19). The Bertz CT molecular complexity index is 801. The predicted octanol–water partition coefficient (Wildman–Crippen LogP) is 3.46. The third-order valence-corrected chi connectivity index (χ3v) is 5.49. The van der Waals surface area contributed by atoms with Crippen LogP contribution >= 0.6 is 38.6 Å². The third-order valence-electron chi connectivity index (χ3n) is 2.83. The van der Waals surface area contributed by atoms with Crippen molar-refractivity contribution in [1.82, 2.24) is 20.2 Å². The Morgan fingerprint density at radius 1 is 1.23 bits per heavy atom. The summed E-state index contributed by atoms with van der Waals surface area (Å²) in [7, 11) is 0. The Kier molecular flexibility index (Phi) is 4.22. The van der Waals surface area contributed by atoms with Crippen molar-refractivity contribution in [3.05, 3.63) is 43.9 Å². The zero-order valence-corrected chi connectivity index (χ0v) is 15.0. The molecule has 0 saturated heterocycles. The van der Waals surface area contributed by atoms with Crippen LogP contribution in [0.1, 0.15) is 22.6 Å². The van der Waals surface area contributed by atoms with Crippen molar-refractivity contribution in [2.75, 3.05) is 5.32 Å². The van der Waals surface area contributed by atoms with Gasteiger partial charge in [-0.25, -0.2) is 9.97 Å². The monoisotopic (exact) mass is 397 g/mol. The first-order valence-electron chi connectivity index (χ1n) is 6.33. The molecule has 3 aromatic heterocycles. The maximum absolute atomic E-state index is 10.7. The fraction of sp³-hybridized carbons (Fsp3) is 0.231. The van der Waals surface area contributed by atoms with Gasteiger partial charge in [-0.1, -0.05) is 17.4 Å². The summed E-state index contributed by atoms with van der Waals surface area (Å²) in [5.74, 6) is 0.654. The average Bonchev–Trinajstić information content (AvgIpc) is 3.08. The van der Waals surface area contributed by atoms with Crippen LogP contribution in [0, 0.1) is 6.92 Å². The SMILES string of the molecule is Cc1csc(C(C)(O)c2nnc(Nc3cccc(Br)n3)s2)n1. The molecule has 1 atom stereocenters. The molecule has 0 saturated carbocycles. The van der Waals surface area contributed by atoms with Crippen LogP contribution in [0.15, 0.2) is 28.2 Å². The van der Waals surface area contributed by atoms with Crippen molar-refractivity contribution >= 4 is 49.6 Å². The molecule has 0 radical (unpaired) electrons. The zero-order chi connectivity index (χ0) is 15.7. The molecular weight excluding hydrogens is 386 g/mol. The molecule has 9 heteroatoms. The van der Waals surface area contributed by atoms with E-state index in [4.69, 9.17) is 0 Å². The lowest BCUT2D eigenvalue weighted by Crippen LogP contribution is -2.22. The molecule has 0 aliphatic rings. The van der Waals surface area contributed by atoms with Gasteiger partial charge in [-0.3, -0.25) is 0 Å². The maximum atomic E-state index is 10.7. The van der Waals surface area contributed by atoms with Gasteiger partial charge in [0.05, 0.1) is 0 Å². The van der Waals surface area contributed by atoms with E-state index in [0.717, 1.165) is 10.3 Å². The van der Waals surface area contributed by atoms with Gasteiger partial charge in [0.15, 0.2) is 10.6 Å². The van der Waals surface area contributed by atoms with Gasteiger partial charge in [0.2, 0.25) is 5.13 Å². The van der Waals surface area contributed by atoms with E-state index in [9.17, 15) is 5.11 Å². The molecule has 2 N–H and O–H groups in total. The highest BCUT2D eigenvalue weighted by molar-refractivity contribution is 9.10. The second-order valence-corrected chi connectivity index (χ2v) is 7.40. The first-order chi connectivity index (χ1) is 10.4. The van der Waals surface area contributed by atoms with Crippen LogP contribution in [0.4, 0.5) is 10.9 Å². The number of aromatic nitrogens is 4. The Morgan fingerprint density at radius 2 is 2.05 bits per heavy atom. The van der Waals surface area contributed by atoms with Crippen LogP contribution in [0.3, 0.4) is 0 Å². The molecule has 114 valence electrons. The number of pyridine rings is 1. The fourth-order valence-corrected chi connectivity index (χ4v) is 3.79. The number of nitrogens with one attached hydrogen (secondary N) is 1. The van der Waals surface area contributed by atoms with Gasteiger partial charge in [-0.2, -0.15) is 0 Å². The van der Waals surface area contributed by atoms with E-state index in [0.29, 0.717) is 21.0 Å². The number of rotatable bonds is 4. The topological polar surface area (TPSA) is 83.8 Å². The van der Waals surface area contributed by atoms with Crippen LogP contribution in [0.25, 0.3) is 0 Å². The minimum Gasteiger partial charge on any atom is -0.376 e. The normalized spacial score (nSPS) is 13.8. The molecule has 3 rings (SSSR count). The second kappa shape index (κ2) is 5.99. The number of nitrogens with zero attached hydrogens (tertiary/aromatic N) is 4. The van der Waals surface area contributed by atoms with Crippen molar-refractivity contribution in [3.63, 3.8) is 0 Å². The third kappa shape index (κ3) is 3.17. The molecule has 3 heterocycles. The first-order valence-corrected chi connectivity index (χ1v) is 8.82.